The van der Waals surface area contributed by atoms with E-state index in [1.165, 1.54) is 17.6 Å². The van der Waals surface area contributed by atoms with Crippen LogP contribution in [0.3, 0.4) is 0 Å². The van der Waals surface area contributed by atoms with Crippen molar-refractivity contribution in [2.45, 2.75) is 0 Å². The monoisotopic (exact) mass is 348 g/mol. The number of hydrogen-bond acceptors (Lipinski definition) is 5. The van der Waals surface area contributed by atoms with Gasteiger partial charge in [-0.15, -0.1) is 11.3 Å². The van der Waals surface area contributed by atoms with Crippen LogP contribution in [0.1, 0.15) is 10.4 Å². The second kappa shape index (κ2) is 6.33. The molecule has 6 heteroatoms. The lowest BCUT2D eigenvalue weighted by atomic mass is 10.1. The minimum atomic E-state index is -0.534. The van der Waals surface area contributed by atoms with Gasteiger partial charge in [0.15, 0.2) is 5.13 Å². The van der Waals surface area contributed by atoms with E-state index in [1.54, 1.807) is 24.3 Å². The topological polar surface area (TPSA) is 72.2 Å². The summed E-state index contributed by atoms with van der Waals surface area (Å²) in [4.78, 5) is 29.3. The number of para-hydroxylation sites is 1. The number of carbonyl (C=O) groups excluding carboxylic acids is 1. The molecule has 4 aromatic rings. The summed E-state index contributed by atoms with van der Waals surface area (Å²) in [5, 5.41) is 5.32. The molecule has 0 spiro atoms. The molecule has 4 rings (SSSR count). The zero-order valence-electron chi connectivity index (χ0n) is 12.9. The number of nitrogens with one attached hydrogen (secondary N) is 1. The Bertz CT molecular complexity index is 1120. The van der Waals surface area contributed by atoms with Crippen LogP contribution in [0, 0.1) is 0 Å². The van der Waals surface area contributed by atoms with Crippen LogP contribution in [0.25, 0.3) is 22.2 Å². The van der Waals surface area contributed by atoms with Crippen molar-refractivity contribution < 1.29 is 9.21 Å². The number of aromatic nitrogens is 1. The highest BCUT2D eigenvalue weighted by Gasteiger charge is 2.16. The number of carbonyl (C=O) groups is 1. The Morgan fingerprint density at radius 3 is 2.64 bits per heavy atom. The molecule has 0 aliphatic carbocycles. The van der Waals surface area contributed by atoms with E-state index < -0.39 is 5.91 Å². The van der Waals surface area contributed by atoms with Crippen LogP contribution in [-0.2, 0) is 0 Å². The molecule has 25 heavy (non-hydrogen) atoms. The minimum absolute atomic E-state index is 0.0461. The average molecular weight is 348 g/mol. The van der Waals surface area contributed by atoms with Crippen LogP contribution < -0.4 is 10.7 Å². The van der Waals surface area contributed by atoms with Gasteiger partial charge in [-0.05, 0) is 12.1 Å². The van der Waals surface area contributed by atoms with E-state index in [0.29, 0.717) is 16.1 Å². The maximum atomic E-state index is 12.4. The first-order chi connectivity index (χ1) is 12.2. The summed E-state index contributed by atoms with van der Waals surface area (Å²) in [5.74, 6) is -0.534. The zero-order valence-corrected chi connectivity index (χ0v) is 13.7. The summed E-state index contributed by atoms with van der Waals surface area (Å²) in [5.41, 5.74) is 1.77. The Balaban J connectivity index is 1.62. The molecule has 5 nitrogen and oxygen atoms in total. The second-order valence-corrected chi connectivity index (χ2v) is 6.19. The van der Waals surface area contributed by atoms with E-state index in [9.17, 15) is 9.59 Å². The largest absolute Gasteiger partial charge is 0.463 e. The summed E-state index contributed by atoms with van der Waals surface area (Å²) in [6.45, 7) is 0. The van der Waals surface area contributed by atoms with Crippen molar-refractivity contribution in [1.82, 2.24) is 4.98 Å². The Morgan fingerprint density at radius 1 is 1.04 bits per heavy atom. The van der Waals surface area contributed by atoms with Crippen molar-refractivity contribution in [3.63, 3.8) is 0 Å². The van der Waals surface area contributed by atoms with Crippen molar-refractivity contribution >= 4 is 33.3 Å². The lowest BCUT2D eigenvalue weighted by Gasteiger charge is -2.02. The fourth-order valence-corrected chi connectivity index (χ4v) is 3.19. The van der Waals surface area contributed by atoms with Gasteiger partial charge in [0, 0.05) is 10.9 Å². The summed E-state index contributed by atoms with van der Waals surface area (Å²) >= 11 is 1.30. The van der Waals surface area contributed by atoms with Gasteiger partial charge in [-0.3, -0.25) is 14.9 Å². The highest BCUT2D eigenvalue weighted by atomic mass is 32.1. The third kappa shape index (κ3) is 2.95. The Hall–Kier alpha value is -3.25. The molecule has 0 aliphatic rings. The van der Waals surface area contributed by atoms with Crippen LogP contribution in [0.5, 0.6) is 0 Å². The normalized spacial score (nSPS) is 10.7. The smallest absolute Gasteiger partial charge is 0.264 e. The molecule has 2 aromatic carbocycles. The molecule has 0 saturated heterocycles. The van der Waals surface area contributed by atoms with Crippen LogP contribution in [0.2, 0.25) is 0 Å². The first-order valence-corrected chi connectivity index (χ1v) is 8.43. The third-order valence-corrected chi connectivity index (χ3v) is 4.48. The van der Waals surface area contributed by atoms with Gasteiger partial charge < -0.3 is 4.42 Å². The van der Waals surface area contributed by atoms with Crippen molar-refractivity contribution in [1.29, 1.82) is 0 Å². The highest BCUT2D eigenvalue weighted by molar-refractivity contribution is 7.14. The van der Waals surface area contributed by atoms with Gasteiger partial charge in [-0.2, -0.15) is 0 Å². The molecule has 0 saturated carbocycles. The SMILES string of the molecule is O=C(Nc1nc(-c2ccccc2)cs1)c1coc2ccccc2c1=O. The molecule has 1 amide bonds. The van der Waals surface area contributed by atoms with Gasteiger partial charge in [-0.25, -0.2) is 4.98 Å². The van der Waals surface area contributed by atoms with Crippen LogP contribution in [-0.4, -0.2) is 10.9 Å². The van der Waals surface area contributed by atoms with E-state index in [1.807, 2.05) is 35.7 Å². The zero-order chi connectivity index (χ0) is 17.2. The Labute approximate surface area is 146 Å². The molecular weight excluding hydrogens is 336 g/mol. The number of fused-ring (bicyclic) bond motifs is 1. The van der Waals surface area contributed by atoms with Crippen LogP contribution >= 0.6 is 11.3 Å². The Morgan fingerprint density at radius 2 is 1.80 bits per heavy atom. The van der Waals surface area contributed by atoms with Crippen molar-refractivity contribution in [2.75, 3.05) is 5.32 Å². The molecule has 0 radical (unpaired) electrons. The first-order valence-electron chi connectivity index (χ1n) is 7.55. The Kier molecular flexibility index (Phi) is 3.87. The van der Waals surface area contributed by atoms with Gasteiger partial charge in [0.25, 0.3) is 5.91 Å². The fraction of sp³-hybridized carbons (Fsp3) is 0. The number of benzene rings is 2. The van der Waals surface area contributed by atoms with Crippen LogP contribution in [0.15, 0.2) is 75.5 Å². The number of thiazole rings is 1. The number of hydrogen-bond donors (Lipinski definition) is 1. The second-order valence-electron chi connectivity index (χ2n) is 5.33. The van der Waals surface area contributed by atoms with Gasteiger partial charge in [0.1, 0.15) is 17.4 Å². The highest BCUT2D eigenvalue weighted by Crippen LogP contribution is 2.24. The van der Waals surface area contributed by atoms with Gasteiger partial charge in [-0.1, -0.05) is 42.5 Å². The molecule has 1 N–H and O–H groups in total. The van der Waals surface area contributed by atoms with E-state index in [4.69, 9.17) is 4.42 Å². The molecule has 2 aromatic heterocycles. The standard InChI is InChI=1S/C19H12N2O3S/c22-17-13-8-4-5-9-16(13)24-10-14(17)18(23)21-19-20-15(11-25-19)12-6-2-1-3-7-12/h1-11H,(H,20,21,23). The van der Waals surface area contributed by atoms with Gasteiger partial charge in [0.05, 0.1) is 11.1 Å². The number of anilines is 1. The van der Waals surface area contributed by atoms with Crippen molar-refractivity contribution in [3.8, 4) is 11.3 Å². The van der Waals surface area contributed by atoms with Crippen molar-refractivity contribution in [2.24, 2.45) is 0 Å². The van der Waals surface area contributed by atoms with E-state index in [0.717, 1.165) is 11.3 Å². The minimum Gasteiger partial charge on any atom is -0.463 e. The summed E-state index contributed by atoms with van der Waals surface area (Å²) < 4.78 is 5.38. The predicted octanol–water partition coefficient (Wildman–Crippen LogP) is 4.17. The van der Waals surface area contributed by atoms with Gasteiger partial charge >= 0.3 is 0 Å². The molecule has 0 bridgehead atoms. The van der Waals surface area contributed by atoms with Crippen molar-refractivity contribution in [3.05, 3.63) is 82.0 Å². The molecular formula is C19H12N2O3S. The molecule has 0 aliphatic heterocycles. The van der Waals surface area contributed by atoms with Gasteiger partial charge in [0.2, 0.25) is 5.43 Å². The van der Waals surface area contributed by atoms with Crippen LogP contribution in [0.4, 0.5) is 5.13 Å². The lowest BCUT2D eigenvalue weighted by molar-refractivity contribution is 0.102. The summed E-state index contributed by atoms with van der Waals surface area (Å²) in [6, 6.07) is 16.5. The molecule has 0 fully saturated rings. The maximum absolute atomic E-state index is 12.4. The first kappa shape index (κ1) is 15.3. The summed E-state index contributed by atoms with van der Waals surface area (Å²) in [7, 11) is 0. The van der Waals surface area contributed by atoms with E-state index >= 15 is 0 Å². The predicted molar refractivity (Wildman–Crippen MR) is 98.0 cm³/mol. The number of amides is 1. The average Bonchev–Trinajstić information content (AvgIpc) is 3.11. The summed E-state index contributed by atoms with van der Waals surface area (Å²) in [6.07, 6.45) is 1.19. The molecule has 0 unspecified atom stereocenters. The number of nitrogens with zero attached hydrogens (tertiary/aromatic N) is 1. The number of rotatable bonds is 3. The van der Waals surface area contributed by atoms with E-state index in [-0.39, 0.29) is 11.0 Å². The third-order valence-electron chi connectivity index (χ3n) is 3.72. The molecule has 122 valence electrons. The lowest BCUT2D eigenvalue weighted by Crippen LogP contribution is -2.21. The van der Waals surface area contributed by atoms with E-state index in [2.05, 4.69) is 10.3 Å². The molecule has 0 atom stereocenters. The molecule has 2 heterocycles. The fourth-order valence-electron chi connectivity index (χ4n) is 2.47. The quantitative estimate of drug-likeness (QED) is 0.603. The maximum Gasteiger partial charge on any atom is 0.264 e.